The SMILES string of the molecule is CCCOCCNCC(CC)CCc1cccnc1.NC(=O)CN1CCn2c(cc(C(F)(F)F)cc2=O)C1. The summed E-state index contributed by atoms with van der Waals surface area (Å²) in [5.41, 5.74) is 4.98. The average Bonchev–Trinajstić information content (AvgIpc) is 2.87. The minimum Gasteiger partial charge on any atom is -0.380 e. The summed E-state index contributed by atoms with van der Waals surface area (Å²) in [7, 11) is 0. The van der Waals surface area contributed by atoms with Gasteiger partial charge >= 0.3 is 6.18 Å². The Hall–Kier alpha value is -2.76. The third kappa shape index (κ3) is 11.3. The highest BCUT2D eigenvalue weighted by atomic mass is 19.4. The molecule has 0 saturated heterocycles. The number of carbonyl (C=O) groups excluding carboxylic acids is 1. The van der Waals surface area contributed by atoms with Gasteiger partial charge in [-0.15, -0.1) is 0 Å². The first-order valence-electron chi connectivity index (χ1n) is 13.1. The number of aromatic nitrogens is 2. The Kier molecular flexibility index (Phi) is 13.5. The molecule has 0 radical (unpaired) electrons. The molecule has 3 heterocycles. The van der Waals surface area contributed by atoms with Crippen LogP contribution in [0, 0.1) is 5.92 Å². The van der Waals surface area contributed by atoms with E-state index in [2.05, 4.69) is 30.2 Å². The number of ether oxygens (including phenoxy) is 1. The fourth-order valence-electron chi connectivity index (χ4n) is 4.17. The summed E-state index contributed by atoms with van der Waals surface area (Å²) in [6.07, 6.45) is 3.93. The lowest BCUT2D eigenvalue weighted by Gasteiger charge is -2.29. The third-order valence-corrected chi connectivity index (χ3v) is 6.29. The van der Waals surface area contributed by atoms with Gasteiger partial charge in [0.05, 0.1) is 18.7 Å². The quantitative estimate of drug-likeness (QED) is 0.379. The molecule has 0 fully saturated rings. The number of nitrogens with one attached hydrogen (secondary N) is 1. The van der Waals surface area contributed by atoms with Crippen LogP contribution in [0.4, 0.5) is 13.2 Å². The number of nitrogens with two attached hydrogens (primary N) is 1. The van der Waals surface area contributed by atoms with Crippen LogP contribution in [0.25, 0.3) is 0 Å². The van der Waals surface area contributed by atoms with Crippen molar-refractivity contribution in [3.8, 4) is 0 Å². The Morgan fingerprint density at radius 2 is 2.03 bits per heavy atom. The predicted octanol–water partition coefficient (Wildman–Crippen LogP) is 3.22. The Morgan fingerprint density at radius 3 is 2.66 bits per heavy atom. The first-order chi connectivity index (χ1) is 18.1. The summed E-state index contributed by atoms with van der Waals surface area (Å²) in [6, 6.07) is 5.70. The van der Waals surface area contributed by atoms with E-state index in [0.717, 1.165) is 51.1 Å². The molecule has 1 aliphatic heterocycles. The fraction of sp³-hybridized carbons (Fsp3) is 0.593. The van der Waals surface area contributed by atoms with Crippen molar-refractivity contribution in [2.45, 2.75) is 58.8 Å². The Morgan fingerprint density at radius 1 is 1.24 bits per heavy atom. The van der Waals surface area contributed by atoms with E-state index in [1.807, 2.05) is 18.5 Å². The minimum atomic E-state index is -4.55. The summed E-state index contributed by atoms with van der Waals surface area (Å²) < 4.78 is 44.6. The maximum Gasteiger partial charge on any atom is 0.416 e. The van der Waals surface area contributed by atoms with E-state index in [4.69, 9.17) is 10.5 Å². The van der Waals surface area contributed by atoms with Crippen LogP contribution in [0.15, 0.2) is 41.5 Å². The van der Waals surface area contributed by atoms with Gasteiger partial charge in [-0.2, -0.15) is 13.2 Å². The molecular formula is C27H40F3N5O3. The van der Waals surface area contributed by atoms with Crippen LogP contribution < -0.4 is 16.6 Å². The summed E-state index contributed by atoms with van der Waals surface area (Å²) in [5.74, 6) is 0.189. The number of aryl methyl sites for hydroxylation is 1. The number of hydrogen-bond acceptors (Lipinski definition) is 6. The van der Waals surface area contributed by atoms with Crippen molar-refractivity contribution in [3.05, 3.63) is 63.8 Å². The van der Waals surface area contributed by atoms with Gasteiger partial charge in [0.15, 0.2) is 0 Å². The van der Waals surface area contributed by atoms with Gasteiger partial charge in [-0.1, -0.05) is 26.3 Å². The van der Waals surface area contributed by atoms with Crippen molar-refractivity contribution in [2.24, 2.45) is 11.7 Å². The van der Waals surface area contributed by atoms with Gasteiger partial charge in [0.25, 0.3) is 5.56 Å². The molecule has 0 aromatic carbocycles. The number of alkyl halides is 3. The zero-order valence-electron chi connectivity index (χ0n) is 22.3. The first-order valence-corrected chi connectivity index (χ1v) is 13.1. The molecule has 1 unspecified atom stereocenters. The molecule has 212 valence electrons. The number of primary amides is 1. The molecule has 2 aromatic heterocycles. The van der Waals surface area contributed by atoms with Gasteiger partial charge in [0.2, 0.25) is 5.91 Å². The van der Waals surface area contributed by atoms with E-state index in [-0.39, 0.29) is 25.3 Å². The lowest BCUT2D eigenvalue weighted by molar-refractivity contribution is -0.138. The zero-order chi connectivity index (χ0) is 28.0. The molecule has 0 spiro atoms. The van der Waals surface area contributed by atoms with Gasteiger partial charge in [-0.3, -0.25) is 19.5 Å². The number of rotatable bonds is 13. The molecular weight excluding hydrogens is 499 g/mol. The second kappa shape index (κ2) is 16.3. The summed E-state index contributed by atoms with van der Waals surface area (Å²) >= 11 is 0. The van der Waals surface area contributed by atoms with Gasteiger partial charge in [-0.05, 0) is 49.4 Å². The fourth-order valence-corrected chi connectivity index (χ4v) is 4.17. The smallest absolute Gasteiger partial charge is 0.380 e. The number of halogens is 3. The van der Waals surface area contributed by atoms with Gasteiger partial charge < -0.3 is 20.4 Å². The van der Waals surface area contributed by atoms with Crippen LogP contribution in [0.5, 0.6) is 0 Å². The summed E-state index contributed by atoms with van der Waals surface area (Å²) in [5, 5.41) is 3.49. The number of amides is 1. The molecule has 38 heavy (non-hydrogen) atoms. The molecule has 3 N–H and O–H groups in total. The molecule has 0 aliphatic carbocycles. The maximum absolute atomic E-state index is 12.6. The minimum absolute atomic E-state index is 0.0373. The highest BCUT2D eigenvalue weighted by Gasteiger charge is 2.32. The van der Waals surface area contributed by atoms with E-state index in [0.29, 0.717) is 12.6 Å². The van der Waals surface area contributed by atoms with E-state index in [1.165, 1.54) is 23.0 Å². The first kappa shape index (κ1) is 31.5. The normalized spacial score (nSPS) is 14.3. The molecule has 8 nitrogen and oxygen atoms in total. The van der Waals surface area contributed by atoms with Crippen LogP contribution in [0.3, 0.4) is 0 Å². The lowest BCUT2D eigenvalue weighted by atomic mass is 9.98. The summed E-state index contributed by atoms with van der Waals surface area (Å²) in [4.78, 5) is 28.2. The largest absolute Gasteiger partial charge is 0.416 e. The second-order valence-electron chi connectivity index (χ2n) is 9.39. The van der Waals surface area contributed by atoms with Gasteiger partial charge in [0, 0.05) is 56.9 Å². The number of fused-ring (bicyclic) bond motifs is 1. The molecule has 11 heteroatoms. The monoisotopic (exact) mass is 539 g/mol. The highest BCUT2D eigenvalue weighted by Crippen LogP contribution is 2.29. The number of nitrogens with zero attached hydrogens (tertiary/aromatic N) is 3. The van der Waals surface area contributed by atoms with Crippen molar-refractivity contribution in [3.63, 3.8) is 0 Å². The van der Waals surface area contributed by atoms with Crippen molar-refractivity contribution >= 4 is 5.91 Å². The maximum atomic E-state index is 12.6. The molecule has 0 bridgehead atoms. The average molecular weight is 540 g/mol. The predicted molar refractivity (Wildman–Crippen MR) is 140 cm³/mol. The van der Waals surface area contributed by atoms with E-state index in [9.17, 15) is 22.8 Å². The van der Waals surface area contributed by atoms with E-state index >= 15 is 0 Å². The Bertz CT molecular complexity index is 1030. The Labute approximate surface area is 222 Å². The standard InChI is InChI=1S/C16H28N2O.C11H12F3N3O2/c1-3-11-19-12-10-18-13-15(4-2)7-8-16-6-5-9-17-14-16;12-11(13,14)7-3-8-5-16(6-9(15)18)1-2-17(8)10(19)4-7/h5-6,9,14-15,18H,3-4,7-8,10-13H2,1-2H3;3-4H,1-2,5-6H2,(H2,15,18). The van der Waals surface area contributed by atoms with E-state index < -0.39 is 23.2 Å². The number of carbonyl (C=O) groups is 1. The van der Waals surface area contributed by atoms with Crippen LogP contribution >= 0.6 is 0 Å². The summed E-state index contributed by atoms with van der Waals surface area (Å²) in [6.45, 7) is 8.87. The van der Waals surface area contributed by atoms with Crippen molar-refractivity contribution in [1.82, 2.24) is 19.8 Å². The Balaban J connectivity index is 0.000000267. The lowest BCUT2D eigenvalue weighted by Crippen LogP contribution is -2.42. The second-order valence-corrected chi connectivity index (χ2v) is 9.39. The highest BCUT2D eigenvalue weighted by molar-refractivity contribution is 5.75. The zero-order valence-corrected chi connectivity index (χ0v) is 22.3. The topological polar surface area (TPSA) is 102 Å². The molecule has 2 aromatic rings. The number of pyridine rings is 2. The van der Waals surface area contributed by atoms with Crippen molar-refractivity contribution < 1.29 is 22.7 Å². The number of hydrogen-bond donors (Lipinski definition) is 2. The molecule has 1 aliphatic rings. The molecule has 1 amide bonds. The van der Waals surface area contributed by atoms with Crippen molar-refractivity contribution in [1.29, 1.82) is 0 Å². The van der Waals surface area contributed by atoms with Gasteiger partial charge in [-0.25, -0.2) is 0 Å². The molecule has 0 saturated carbocycles. The van der Waals surface area contributed by atoms with Crippen LogP contribution in [0.2, 0.25) is 0 Å². The van der Waals surface area contributed by atoms with Crippen molar-refractivity contribution in [2.75, 3.05) is 39.4 Å². The van der Waals surface area contributed by atoms with Gasteiger partial charge in [0.1, 0.15) is 0 Å². The molecule has 1 atom stereocenters. The molecule has 3 rings (SSSR count). The van der Waals surface area contributed by atoms with E-state index in [1.54, 1.807) is 4.90 Å². The van der Waals surface area contributed by atoms with Crippen LogP contribution in [-0.4, -0.2) is 59.8 Å². The third-order valence-electron chi connectivity index (χ3n) is 6.29. The van der Waals surface area contributed by atoms with Crippen LogP contribution in [0.1, 0.15) is 49.9 Å². The van der Waals surface area contributed by atoms with Crippen LogP contribution in [-0.2, 0) is 35.2 Å².